The van der Waals surface area contributed by atoms with Gasteiger partial charge in [0.1, 0.15) is 42.9 Å². The Kier molecular flexibility index (Phi) is 47.5. The Balaban J connectivity index is 0.000000371. The molecule has 11 rings (SSSR count). The van der Waals surface area contributed by atoms with Crippen molar-refractivity contribution >= 4 is 60.4 Å². The van der Waals surface area contributed by atoms with Crippen molar-refractivity contribution in [2.45, 2.75) is 219 Å². The van der Waals surface area contributed by atoms with Crippen molar-refractivity contribution < 1.29 is 150 Å². The van der Waals surface area contributed by atoms with Crippen LogP contribution in [0.3, 0.4) is 0 Å². The Morgan fingerprint density at radius 2 is 0.798 bits per heavy atom. The molecule has 0 spiro atoms. The van der Waals surface area contributed by atoms with Gasteiger partial charge in [0.05, 0.1) is 56.2 Å². The number of aromatic nitrogens is 8. The van der Waals surface area contributed by atoms with Crippen LogP contribution >= 0.6 is 26.3 Å². The minimum Gasteiger partial charge on any atom is -0.850 e. The number of aliphatic hydroxyl groups excluding tert-OH is 2. The Hall–Kier alpha value is -6.04. The summed E-state index contributed by atoms with van der Waals surface area (Å²) < 4.78 is 123. The number of hydrogen-bond donors (Lipinski definition) is 7. The number of rotatable bonds is 25. The summed E-state index contributed by atoms with van der Waals surface area (Å²) in [6.45, 7) is 30.6. The first-order chi connectivity index (χ1) is 57.7. The Labute approximate surface area is 769 Å². The van der Waals surface area contributed by atoms with Gasteiger partial charge in [-0.3, -0.25) is 71.1 Å². The molecule has 4 aliphatic rings. The largest absolute Gasteiger partial charge is 1.00 e. The fourth-order valence-corrected chi connectivity index (χ4v) is 22.7. The van der Waals surface area contributed by atoms with Crippen LogP contribution in [-0.4, -0.2) is 203 Å². The quantitative estimate of drug-likeness (QED) is 0.0141. The topological polar surface area (TPSA) is 499 Å². The zero-order valence-electron chi connectivity index (χ0n) is 74.1. The summed E-state index contributed by atoms with van der Waals surface area (Å²) in [5.41, 5.74) is -3.83. The summed E-state index contributed by atoms with van der Waals surface area (Å²) in [7, 11) is -7.02. The Bertz CT molecular complexity index is 4790. The van der Waals surface area contributed by atoms with E-state index in [0.29, 0.717) is 12.7 Å². The normalized spacial score (nSPS) is 23.5. The van der Waals surface area contributed by atoms with E-state index in [9.17, 15) is 76.0 Å². The monoisotopic (exact) mass is 1870 g/mol. The van der Waals surface area contributed by atoms with Crippen LogP contribution in [0.5, 0.6) is 0 Å². The average Bonchev–Trinajstić information content (AvgIpc) is 0.989. The van der Waals surface area contributed by atoms with Crippen LogP contribution in [0, 0.1) is 24.7 Å². The third kappa shape index (κ3) is 32.6. The summed E-state index contributed by atoms with van der Waals surface area (Å²) in [6, 6.07) is 32.0. The molecule has 0 amide bonds. The van der Waals surface area contributed by atoms with E-state index in [1.807, 2.05) is 53.7 Å². The number of nitrogens with one attached hydrogen (secondary N) is 4. The number of aromatic amines is 4. The number of benzene rings is 3. The first-order valence-corrected chi connectivity index (χ1v) is 47.7. The molecular formula is C81H122ClKN8O29P2SSi. The number of aliphatic hydroxyl groups is 2. The second-order valence-electron chi connectivity index (χ2n) is 30.3. The Morgan fingerprint density at radius 1 is 0.500 bits per heavy atom. The number of ether oxygens (including phenoxy) is 8. The van der Waals surface area contributed by atoms with Crippen LogP contribution in [0.25, 0.3) is 0 Å². The van der Waals surface area contributed by atoms with Gasteiger partial charge in [-0.15, -0.1) is 5.60 Å². The summed E-state index contributed by atoms with van der Waals surface area (Å²) in [6.07, 6.45) is 1.27. The number of carbonyl (C=O) groups excluding carboxylic acids is 1. The number of nitrogens with zero attached hydrogens (tertiary/aromatic N) is 4. The molecule has 0 aliphatic carbocycles. The maximum atomic E-state index is 12.2. The van der Waals surface area contributed by atoms with Crippen LogP contribution in [0.2, 0.25) is 5.04 Å². The molecule has 0 radical (unpaired) electrons. The number of halogens is 1. The summed E-state index contributed by atoms with van der Waals surface area (Å²) in [4.78, 5) is 110. The molecule has 4 saturated heterocycles. The van der Waals surface area contributed by atoms with Gasteiger partial charge in [0.15, 0.2) is 30.8 Å². The van der Waals surface area contributed by atoms with Gasteiger partial charge in [-0.2, -0.15) is 19.5 Å². The molecule has 7 N–H and O–H groups in total. The zero-order chi connectivity index (χ0) is 92.7. The van der Waals surface area contributed by atoms with Crippen molar-refractivity contribution in [2.75, 3.05) is 67.4 Å². The molecular weight excluding hydrogens is 1750 g/mol. The van der Waals surface area contributed by atoms with E-state index in [2.05, 4.69) is 89.2 Å². The third-order valence-electron chi connectivity index (χ3n) is 19.4. The second-order valence-corrected chi connectivity index (χ2v) is 42.0. The van der Waals surface area contributed by atoms with E-state index in [1.165, 1.54) is 111 Å². The van der Waals surface area contributed by atoms with Gasteiger partial charge in [-0.05, 0) is 75.0 Å². The van der Waals surface area contributed by atoms with E-state index in [1.54, 1.807) is 67.7 Å². The van der Waals surface area contributed by atoms with E-state index in [0.717, 1.165) is 12.0 Å². The van der Waals surface area contributed by atoms with Crippen LogP contribution in [0.4, 0.5) is 0 Å². The summed E-state index contributed by atoms with van der Waals surface area (Å²) in [5, 5.41) is 31.9. The predicted molar refractivity (Wildman–Crippen MR) is 462 cm³/mol. The number of hydrogen-bond acceptors (Lipinski definition) is 28. The van der Waals surface area contributed by atoms with Crippen molar-refractivity contribution in [3.8, 4) is 0 Å². The summed E-state index contributed by atoms with van der Waals surface area (Å²) in [5.74, 6) is -0.368. The number of aryl methyl sites for hydroxylation is 1. The molecule has 3 aromatic carbocycles. The van der Waals surface area contributed by atoms with Gasteiger partial charge in [-0.1, -0.05) is 155 Å². The number of carbonyl (C=O) groups is 1. The molecule has 124 heavy (non-hydrogen) atoms. The molecule has 4 aliphatic heterocycles. The first kappa shape index (κ1) is 112. The molecule has 4 fully saturated rings. The van der Waals surface area contributed by atoms with Crippen LogP contribution in [-0.2, 0) is 80.0 Å². The smallest absolute Gasteiger partial charge is 0.850 e. The molecule has 16 atom stereocenters. The van der Waals surface area contributed by atoms with Gasteiger partial charge >= 0.3 is 89.3 Å². The maximum absolute atomic E-state index is 12.2. The molecule has 43 heteroatoms. The van der Waals surface area contributed by atoms with Crippen molar-refractivity contribution in [2.24, 2.45) is 17.8 Å². The van der Waals surface area contributed by atoms with Crippen molar-refractivity contribution in [1.29, 1.82) is 0 Å². The van der Waals surface area contributed by atoms with E-state index in [4.69, 9.17) is 71.6 Å². The van der Waals surface area contributed by atoms with E-state index >= 15 is 0 Å². The average molecular weight is 1870 g/mol. The molecule has 688 valence electrons. The fraction of sp³-hybridized carbons (Fsp3) is 0.568. The standard InChI is InChI=1S/C16H19ClSi.C12H18N2O4.C11H16N2O5.C11H14N2O5.C11H16N2O5.C9H22O6P2.C7H8O3S.C4H9O.K/c1-16(2,3)18(17,14-10-6-4-7-11-14)15-12-8-5-9-13-15;1-4-8-7(2)10(17-3)11(18-8)14-6-5-9(15)13-12(14)16;2*1-6-7(5-14)18-10(9(6)17-2)13-4-3-8(15)12-11(13)16;1-3-6-8(15)9(17-2)10(18-6)13-5-4-7(14)12-11(13)16;1-5-12-16(10,13-6-2)9-17(11,14-7-3)15-8-4;1-6-2-4-7(5-3-6)11(8,9)10;1-4(2,3)5;/h4-13H,1-3H3;5-8,10-11H,4H2,1-3H3,(H,13,15,16);3-4,6-7,9-10,14H,5H2,1-2H3,(H,12,15,16);3-7,9-10H,1-2H3,(H,12,15,16);4-6,8-10,15H,3H2,1-2H3,(H,12,14,16);5-9H2,1-4H3;2-5H,1H3,(H,8,9,10);1-3H3;/q;;;;;;;-1;+1/t;7-,8+,10?,11+;2*6-,7+,9?,10+;6-,8+,9?,10-;;;;/m.0001..../s1. The van der Waals surface area contributed by atoms with Gasteiger partial charge in [-0.25, -0.2) is 19.2 Å². The van der Waals surface area contributed by atoms with Crippen LogP contribution in [0.1, 0.15) is 147 Å². The molecule has 8 heterocycles. The maximum Gasteiger partial charge on any atom is 1.00 e. The van der Waals surface area contributed by atoms with Gasteiger partial charge in [0.25, 0.3) is 32.4 Å². The van der Waals surface area contributed by atoms with Gasteiger partial charge < -0.3 is 76.1 Å². The SMILES string of the molecule is CC(C)(C)[O-].CC(C)(C)[Si](Cl)(c1ccccc1)c1ccccc1.CCOP(=O)(CP(=O)(OCC)OCC)OCC.CC[C@H]1O[C@@H](n2ccc(=O)[nH]c2=O)C(OC)[C@H]1C.CC[C@H]1O[C@@H](n2ccc(=O)[nH]c2=O)C(OC)[C@H]1O.COC1[C@@H](C)[C@@H](C=O)O[C@H]1n1ccc(=O)[nH]c1=O.COC1[C@@H](C)[C@@H](CO)O[C@H]1n1ccc(=O)[nH]c1=O.Cc1ccc(S(=O)(=O)O)cc1.[K+]. The predicted octanol–water partition coefficient (Wildman–Crippen LogP) is 3.73. The number of H-pyrrole nitrogens is 4. The van der Waals surface area contributed by atoms with E-state index in [-0.39, 0.29) is 136 Å². The van der Waals surface area contributed by atoms with E-state index < -0.39 is 145 Å². The molecule has 4 unspecified atom stereocenters. The number of aldehydes is 1. The molecule has 37 nitrogen and oxygen atoms in total. The third-order valence-corrected chi connectivity index (χ3v) is 33.0. The number of methoxy groups -OCH3 is 4. The fourth-order valence-electron chi connectivity index (χ4n) is 13.4. The molecule has 7 aromatic rings. The van der Waals surface area contributed by atoms with Crippen LogP contribution < -0.4 is 112 Å². The van der Waals surface area contributed by atoms with Crippen LogP contribution in [0.15, 0.2) is 177 Å². The first-order valence-electron chi connectivity index (χ1n) is 39.8. The van der Waals surface area contributed by atoms with Crippen molar-refractivity contribution in [3.63, 3.8) is 0 Å². The molecule has 4 aromatic heterocycles. The molecule has 0 saturated carbocycles. The van der Waals surface area contributed by atoms with Crippen molar-refractivity contribution in [1.82, 2.24) is 38.2 Å². The van der Waals surface area contributed by atoms with Crippen molar-refractivity contribution in [3.05, 3.63) is 223 Å². The minimum absolute atomic E-state index is 0. The molecule has 0 bridgehead atoms. The zero-order valence-corrected chi connectivity index (χ0v) is 81.6. The summed E-state index contributed by atoms with van der Waals surface area (Å²) >= 11 is 7.21. The second kappa shape index (κ2) is 52.6. The Morgan fingerprint density at radius 3 is 1.08 bits per heavy atom. The minimum atomic E-state index is -4.02. The van der Waals surface area contributed by atoms with Gasteiger partial charge in [0.2, 0.25) is 7.38 Å². The van der Waals surface area contributed by atoms with Gasteiger partial charge in [0, 0.05) is 95.2 Å².